The van der Waals surface area contributed by atoms with Gasteiger partial charge in [-0.15, -0.1) is 0 Å². The molecule has 1 aromatic heterocycles. The van der Waals surface area contributed by atoms with Crippen molar-refractivity contribution >= 4 is 38.5 Å². The third-order valence-electron chi connectivity index (χ3n) is 5.79. The summed E-state index contributed by atoms with van der Waals surface area (Å²) in [7, 11) is -2.23. The van der Waals surface area contributed by atoms with E-state index in [9.17, 15) is 22.8 Å². The molecule has 1 N–H and O–H groups in total. The molecular weight excluding hydrogens is 434 g/mol. The Bertz CT molecular complexity index is 1350. The quantitative estimate of drug-likeness (QED) is 0.588. The van der Waals surface area contributed by atoms with Gasteiger partial charge in [-0.1, -0.05) is 0 Å². The topological polar surface area (TPSA) is 119 Å². The first-order chi connectivity index (χ1) is 15.2. The van der Waals surface area contributed by atoms with E-state index in [0.717, 1.165) is 0 Å². The van der Waals surface area contributed by atoms with E-state index in [4.69, 9.17) is 4.42 Å². The van der Waals surface area contributed by atoms with Crippen molar-refractivity contribution in [1.29, 1.82) is 0 Å². The molecule has 168 valence electrons. The van der Waals surface area contributed by atoms with Crippen LogP contribution in [-0.2, 0) is 21.9 Å². The number of benzene rings is 2. The van der Waals surface area contributed by atoms with Crippen LogP contribution in [0.1, 0.15) is 30.1 Å². The van der Waals surface area contributed by atoms with Crippen LogP contribution < -0.4 is 11.1 Å². The number of sulfonamides is 1. The molecule has 0 unspecified atom stereocenters. The molecule has 3 aromatic rings. The maximum absolute atomic E-state index is 13.0. The summed E-state index contributed by atoms with van der Waals surface area (Å²) in [4.78, 5) is 35.7. The minimum atomic E-state index is -3.78. The Balaban J connectivity index is 1.41. The van der Waals surface area contributed by atoms with E-state index in [1.54, 1.807) is 37.4 Å². The number of carbonyl (C=O) groups excluding carboxylic acids is 2. The van der Waals surface area contributed by atoms with Crippen LogP contribution in [0.15, 0.2) is 56.6 Å². The number of carbonyl (C=O) groups is 2. The van der Waals surface area contributed by atoms with Crippen LogP contribution in [-0.4, -0.2) is 42.1 Å². The molecule has 1 amide bonds. The van der Waals surface area contributed by atoms with Gasteiger partial charge in [-0.3, -0.25) is 14.2 Å². The lowest BCUT2D eigenvalue weighted by Gasteiger charge is -2.30. The average Bonchev–Trinajstić information content (AvgIpc) is 3.07. The summed E-state index contributed by atoms with van der Waals surface area (Å²) in [6, 6.07) is 11.0. The number of hydrogen-bond donors (Lipinski definition) is 1. The number of fused-ring (bicyclic) bond motifs is 1. The Kier molecular flexibility index (Phi) is 5.74. The number of rotatable bonds is 5. The van der Waals surface area contributed by atoms with Gasteiger partial charge in [0.2, 0.25) is 15.9 Å². The lowest BCUT2D eigenvalue weighted by Crippen LogP contribution is -2.41. The number of ketones is 1. The van der Waals surface area contributed by atoms with Gasteiger partial charge in [0.1, 0.15) is 0 Å². The molecule has 2 aromatic carbocycles. The highest BCUT2D eigenvalue weighted by Gasteiger charge is 2.32. The molecule has 32 heavy (non-hydrogen) atoms. The SMILES string of the molecule is CC(=O)c1ccc(NC(=O)C2CCN(S(=O)(=O)c3ccc4c(c3)oc(=O)n4C)CC2)cc1. The van der Waals surface area contributed by atoms with Crippen LogP contribution in [0.25, 0.3) is 11.1 Å². The predicted molar refractivity (Wildman–Crippen MR) is 118 cm³/mol. The van der Waals surface area contributed by atoms with Crippen LogP contribution >= 0.6 is 0 Å². The second kappa shape index (κ2) is 8.36. The Hall–Kier alpha value is -3.24. The highest BCUT2D eigenvalue weighted by atomic mass is 32.2. The van der Waals surface area contributed by atoms with Crippen molar-refractivity contribution in [3.05, 3.63) is 58.6 Å². The summed E-state index contributed by atoms with van der Waals surface area (Å²) < 4.78 is 33.9. The molecule has 1 fully saturated rings. The van der Waals surface area contributed by atoms with Crippen LogP contribution in [0, 0.1) is 5.92 Å². The molecule has 0 radical (unpaired) electrons. The fourth-order valence-corrected chi connectivity index (χ4v) is 5.30. The minimum Gasteiger partial charge on any atom is -0.408 e. The summed E-state index contributed by atoms with van der Waals surface area (Å²) in [6.07, 6.45) is 0.776. The summed E-state index contributed by atoms with van der Waals surface area (Å²) >= 11 is 0. The molecule has 0 bridgehead atoms. The highest BCUT2D eigenvalue weighted by molar-refractivity contribution is 7.89. The average molecular weight is 458 g/mol. The maximum atomic E-state index is 13.0. The molecule has 9 nitrogen and oxygen atoms in total. The molecule has 0 spiro atoms. The van der Waals surface area contributed by atoms with Crippen LogP contribution in [0.3, 0.4) is 0 Å². The summed E-state index contributed by atoms with van der Waals surface area (Å²) in [6.45, 7) is 1.89. The van der Waals surface area contributed by atoms with E-state index in [2.05, 4.69) is 5.32 Å². The van der Waals surface area contributed by atoms with Gasteiger partial charge in [0.25, 0.3) is 0 Å². The number of Topliss-reactive ketones (excluding diaryl/α,β-unsaturated/α-hetero) is 1. The molecule has 4 rings (SSSR count). The Morgan fingerprint density at radius 2 is 1.72 bits per heavy atom. The third kappa shape index (κ3) is 4.11. The van der Waals surface area contributed by atoms with Crippen molar-refractivity contribution in [2.45, 2.75) is 24.7 Å². The zero-order chi connectivity index (χ0) is 23.0. The minimum absolute atomic E-state index is 0.0489. The van der Waals surface area contributed by atoms with Crippen LogP contribution in [0.2, 0.25) is 0 Å². The zero-order valence-electron chi connectivity index (χ0n) is 17.7. The molecular formula is C22H23N3O6S. The molecule has 0 saturated carbocycles. The summed E-state index contributed by atoms with van der Waals surface area (Å²) in [5.41, 5.74) is 1.88. The second-order valence-corrected chi connectivity index (χ2v) is 9.80. The zero-order valence-corrected chi connectivity index (χ0v) is 18.5. The van der Waals surface area contributed by atoms with Crippen LogP contribution in [0.4, 0.5) is 5.69 Å². The molecule has 10 heteroatoms. The number of oxazole rings is 1. The van der Waals surface area contributed by atoms with E-state index < -0.39 is 15.8 Å². The Morgan fingerprint density at radius 1 is 1.06 bits per heavy atom. The van der Waals surface area contributed by atoms with E-state index in [0.29, 0.717) is 29.6 Å². The normalized spacial score (nSPS) is 15.7. The first kappa shape index (κ1) is 22.0. The molecule has 0 aliphatic carbocycles. The van der Waals surface area contributed by atoms with Gasteiger partial charge in [-0.2, -0.15) is 4.31 Å². The van der Waals surface area contributed by atoms with Crippen molar-refractivity contribution in [2.75, 3.05) is 18.4 Å². The monoisotopic (exact) mass is 457 g/mol. The van der Waals surface area contributed by atoms with Gasteiger partial charge >= 0.3 is 5.76 Å². The third-order valence-corrected chi connectivity index (χ3v) is 7.68. The van der Waals surface area contributed by atoms with Gasteiger partial charge in [-0.05, 0) is 56.2 Å². The van der Waals surface area contributed by atoms with E-state index in [-0.39, 0.29) is 41.2 Å². The molecule has 1 saturated heterocycles. The molecule has 0 atom stereocenters. The first-order valence-corrected chi connectivity index (χ1v) is 11.6. The molecule has 1 aliphatic rings. The standard InChI is InChI=1S/C22H23N3O6S/c1-14(26)15-3-5-17(6-4-15)23-21(27)16-9-11-25(12-10-16)32(29,30)18-7-8-19-20(13-18)31-22(28)24(19)2/h3-8,13,16H,9-12H2,1-2H3,(H,23,27). The van der Waals surface area contributed by atoms with Crippen molar-refractivity contribution < 1.29 is 22.4 Å². The lowest BCUT2D eigenvalue weighted by molar-refractivity contribution is -0.120. The fraction of sp³-hybridized carbons (Fsp3) is 0.318. The van der Waals surface area contributed by atoms with Crippen molar-refractivity contribution in [3.8, 4) is 0 Å². The number of nitrogens with zero attached hydrogens (tertiary/aromatic N) is 2. The first-order valence-electron chi connectivity index (χ1n) is 10.2. The van der Waals surface area contributed by atoms with Crippen molar-refractivity contribution in [3.63, 3.8) is 0 Å². The lowest BCUT2D eigenvalue weighted by atomic mass is 9.97. The Labute approximate surface area is 184 Å². The highest BCUT2D eigenvalue weighted by Crippen LogP contribution is 2.26. The molecule has 2 heterocycles. The van der Waals surface area contributed by atoms with Gasteiger partial charge in [-0.25, -0.2) is 13.2 Å². The number of piperidine rings is 1. The number of hydrogen-bond acceptors (Lipinski definition) is 6. The number of amides is 1. The summed E-state index contributed by atoms with van der Waals surface area (Å²) in [5.74, 6) is -1.10. The molecule has 1 aliphatic heterocycles. The number of aromatic nitrogens is 1. The van der Waals surface area contributed by atoms with Gasteiger partial charge in [0.15, 0.2) is 11.4 Å². The largest absolute Gasteiger partial charge is 0.419 e. The van der Waals surface area contributed by atoms with Crippen LogP contribution in [0.5, 0.6) is 0 Å². The Morgan fingerprint density at radius 3 is 2.34 bits per heavy atom. The maximum Gasteiger partial charge on any atom is 0.419 e. The van der Waals surface area contributed by atoms with Crippen molar-refractivity contribution in [1.82, 2.24) is 8.87 Å². The summed E-state index contributed by atoms with van der Waals surface area (Å²) in [5, 5.41) is 2.83. The second-order valence-electron chi connectivity index (χ2n) is 7.86. The number of aryl methyl sites for hydroxylation is 1. The van der Waals surface area contributed by atoms with E-state index in [1.165, 1.54) is 27.9 Å². The fourth-order valence-electron chi connectivity index (χ4n) is 3.81. The van der Waals surface area contributed by atoms with Gasteiger partial charge in [0.05, 0.1) is 10.4 Å². The van der Waals surface area contributed by atoms with E-state index >= 15 is 0 Å². The predicted octanol–water partition coefficient (Wildman–Crippen LogP) is 2.37. The van der Waals surface area contributed by atoms with E-state index in [1.807, 2.05) is 0 Å². The smallest absolute Gasteiger partial charge is 0.408 e. The van der Waals surface area contributed by atoms with Gasteiger partial charge in [0, 0.05) is 43.4 Å². The van der Waals surface area contributed by atoms with Gasteiger partial charge < -0.3 is 9.73 Å². The van der Waals surface area contributed by atoms with Crippen molar-refractivity contribution in [2.24, 2.45) is 13.0 Å². The number of nitrogens with one attached hydrogen (secondary N) is 1. The number of anilines is 1.